The number of amides is 1. The second-order valence-electron chi connectivity index (χ2n) is 6.87. The number of benzene rings is 2. The van der Waals surface area contributed by atoms with Gasteiger partial charge in [-0.3, -0.25) is 9.59 Å². The monoisotopic (exact) mass is 403 g/mol. The fourth-order valence-electron chi connectivity index (χ4n) is 3.62. The lowest BCUT2D eigenvalue weighted by atomic mass is 9.95. The summed E-state index contributed by atoms with van der Waals surface area (Å²) in [4.78, 5) is 27.3. The van der Waals surface area contributed by atoms with E-state index in [-0.39, 0.29) is 17.9 Å². The number of aliphatic hydroxyl groups is 1. The Labute approximate surface area is 174 Å². The molecule has 1 N–H and O–H groups in total. The van der Waals surface area contributed by atoms with Crippen LogP contribution in [-0.2, 0) is 16.1 Å². The van der Waals surface area contributed by atoms with Gasteiger partial charge in [0.1, 0.15) is 17.3 Å². The molecule has 1 amide bonds. The summed E-state index contributed by atoms with van der Waals surface area (Å²) in [5.41, 5.74) is 1.23. The highest BCUT2D eigenvalue weighted by Gasteiger charge is 2.46. The molecule has 6 heteroatoms. The summed E-state index contributed by atoms with van der Waals surface area (Å²) in [6.07, 6.45) is 1.52. The maximum Gasteiger partial charge on any atom is 0.296 e. The highest BCUT2D eigenvalue weighted by Crippen LogP contribution is 2.40. The molecule has 6 nitrogen and oxygen atoms in total. The van der Waals surface area contributed by atoms with Gasteiger partial charge in [-0.05, 0) is 36.8 Å². The molecule has 2 aromatic carbocycles. The van der Waals surface area contributed by atoms with Crippen molar-refractivity contribution in [3.63, 3.8) is 0 Å². The Kier molecular flexibility index (Phi) is 5.39. The fourth-order valence-corrected chi connectivity index (χ4v) is 3.62. The Morgan fingerprint density at radius 2 is 1.77 bits per heavy atom. The van der Waals surface area contributed by atoms with Crippen molar-refractivity contribution >= 4 is 17.4 Å². The second-order valence-corrected chi connectivity index (χ2v) is 6.87. The number of ether oxygens (including phenoxy) is 1. The van der Waals surface area contributed by atoms with E-state index in [0.717, 1.165) is 0 Å². The minimum Gasteiger partial charge on any atom is -0.507 e. The summed E-state index contributed by atoms with van der Waals surface area (Å²) in [5.74, 6) is -0.362. The Balaban J connectivity index is 1.82. The van der Waals surface area contributed by atoms with Crippen LogP contribution < -0.4 is 4.74 Å². The third-order valence-corrected chi connectivity index (χ3v) is 5.00. The molecule has 0 unspecified atom stereocenters. The molecule has 0 radical (unpaired) electrons. The first kappa shape index (κ1) is 19.5. The third kappa shape index (κ3) is 3.59. The lowest BCUT2D eigenvalue weighted by Gasteiger charge is -2.24. The zero-order chi connectivity index (χ0) is 21.1. The van der Waals surface area contributed by atoms with Crippen molar-refractivity contribution < 1.29 is 23.8 Å². The van der Waals surface area contributed by atoms with Crippen molar-refractivity contribution in [2.45, 2.75) is 19.5 Å². The van der Waals surface area contributed by atoms with Crippen molar-refractivity contribution in [1.29, 1.82) is 0 Å². The van der Waals surface area contributed by atoms with E-state index >= 15 is 0 Å². The minimum absolute atomic E-state index is 0.0573. The molecule has 30 heavy (non-hydrogen) atoms. The fraction of sp³-hybridized carbons (Fsp3) is 0.167. The number of rotatable bonds is 6. The van der Waals surface area contributed by atoms with Gasteiger partial charge in [0.15, 0.2) is 0 Å². The average Bonchev–Trinajstić information content (AvgIpc) is 3.37. The van der Waals surface area contributed by atoms with Gasteiger partial charge in [0.25, 0.3) is 11.7 Å². The van der Waals surface area contributed by atoms with E-state index in [0.29, 0.717) is 29.2 Å². The minimum atomic E-state index is -0.744. The molecule has 4 rings (SSSR count). The molecule has 3 aromatic rings. The number of ketones is 1. The first-order chi connectivity index (χ1) is 14.6. The van der Waals surface area contributed by atoms with Gasteiger partial charge < -0.3 is 19.2 Å². The first-order valence-electron chi connectivity index (χ1n) is 9.69. The van der Waals surface area contributed by atoms with Crippen LogP contribution in [0.5, 0.6) is 5.75 Å². The van der Waals surface area contributed by atoms with Gasteiger partial charge in [-0.2, -0.15) is 0 Å². The standard InChI is InChI=1S/C24H21NO5/c1-2-29-18-12-10-16(11-13-18)21-20(22(26)17-7-4-3-5-8-17)23(27)24(28)25(21)15-19-9-6-14-30-19/h3-14,21,26H,2,15H2,1H3/t21-/m1/s1. The highest BCUT2D eigenvalue weighted by molar-refractivity contribution is 6.46. The van der Waals surface area contributed by atoms with Crippen LogP contribution in [0, 0.1) is 0 Å². The molecule has 0 saturated carbocycles. The van der Waals surface area contributed by atoms with Crippen LogP contribution in [0.2, 0.25) is 0 Å². The van der Waals surface area contributed by atoms with Crippen molar-refractivity contribution in [1.82, 2.24) is 4.90 Å². The summed E-state index contributed by atoms with van der Waals surface area (Å²) in [7, 11) is 0. The first-order valence-corrected chi connectivity index (χ1v) is 9.69. The molecular formula is C24H21NO5. The van der Waals surface area contributed by atoms with Crippen LogP contribution in [0.15, 0.2) is 83.0 Å². The van der Waals surface area contributed by atoms with Gasteiger partial charge in [0, 0.05) is 5.56 Å². The molecule has 0 aliphatic carbocycles. The Hall–Kier alpha value is -3.80. The van der Waals surface area contributed by atoms with Crippen LogP contribution in [-0.4, -0.2) is 28.3 Å². The number of likely N-dealkylation sites (tertiary alicyclic amines) is 1. The zero-order valence-electron chi connectivity index (χ0n) is 16.4. The van der Waals surface area contributed by atoms with E-state index in [2.05, 4.69) is 0 Å². The summed E-state index contributed by atoms with van der Waals surface area (Å²) in [6.45, 7) is 2.54. The summed E-state index contributed by atoms with van der Waals surface area (Å²) in [6, 6.07) is 18.6. The number of nitrogens with zero attached hydrogens (tertiary/aromatic N) is 1. The number of hydrogen-bond acceptors (Lipinski definition) is 5. The van der Waals surface area contributed by atoms with Crippen molar-refractivity contribution in [2.24, 2.45) is 0 Å². The number of furan rings is 1. The smallest absolute Gasteiger partial charge is 0.296 e. The molecule has 1 aliphatic rings. The maximum absolute atomic E-state index is 12.9. The van der Waals surface area contributed by atoms with Crippen LogP contribution >= 0.6 is 0 Å². The van der Waals surface area contributed by atoms with Crippen LogP contribution in [0.4, 0.5) is 0 Å². The lowest BCUT2D eigenvalue weighted by Crippen LogP contribution is -2.29. The van der Waals surface area contributed by atoms with Crippen LogP contribution in [0.25, 0.3) is 5.76 Å². The number of aliphatic hydroxyl groups excluding tert-OH is 1. The number of carbonyl (C=O) groups is 2. The van der Waals surface area contributed by atoms with Crippen molar-refractivity contribution in [3.8, 4) is 5.75 Å². The van der Waals surface area contributed by atoms with E-state index in [1.54, 1.807) is 60.7 Å². The van der Waals surface area contributed by atoms with Crippen LogP contribution in [0.3, 0.4) is 0 Å². The Bertz CT molecular complexity index is 1070. The summed E-state index contributed by atoms with van der Waals surface area (Å²) >= 11 is 0. The lowest BCUT2D eigenvalue weighted by molar-refractivity contribution is -0.140. The molecule has 0 spiro atoms. The predicted molar refractivity (Wildman–Crippen MR) is 111 cm³/mol. The molecule has 1 aliphatic heterocycles. The quantitative estimate of drug-likeness (QED) is 0.377. The topological polar surface area (TPSA) is 80.0 Å². The molecule has 2 heterocycles. The van der Waals surface area contributed by atoms with E-state index in [9.17, 15) is 14.7 Å². The molecule has 1 aromatic heterocycles. The van der Waals surface area contributed by atoms with E-state index in [1.807, 2.05) is 13.0 Å². The second kappa shape index (κ2) is 8.29. The predicted octanol–water partition coefficient (Wildman–Crippen LogP) is 4.30. The Morgan fingerprint density at radius 3 is 2.40 bits per heavy atom. The molecular weight excluding hydrogens is 382 g/mol. The number of carbonyl (C=O) groups excluding carboxylic acids is 2. The van der Waals surface area contributed by atoms with Gasteiger partial charge >= 0.3 is 0 Å². The summed E-state index contributed by atoms with van der Waals surface area (Å²) in [5, 5.41) is 11.0. The molecule has 1 atom stereocenters. The molecule has 1 saturated heterocycles. The SMILES string of the molecule is CCOc1ccc([C@@H]2C(=C(O)c3ccccc3)C(=O)C(=O)N2Cc2ccco2)cc1. The van der Waals surface area contributed by atoms with Crippen molar-refractivity contribution in [2.75, 3.05) is 6.61 Å². The van der Waals surface area contributed by atoms with Gasteiger partial charge in [0.05, 0.1) is 31.0 Å². The number of Topliss-reactive ketones (excluding diaryl/α,β-unsaturated/α-hetero) is 1. The Morgan fingerprint density at radius 1 is 1.03 bits per heavy atom. The average molecular weight is 403 g/mol. The molecule has 0 bridgehead atoms. The van der Waals surface area contributed by atoms with E-state index in [1.165, 1.54) is 11.2 Å². The highest BCUT2D eigenvalue weighted by atomic mass is 16.5. The third-order valence-electron chi connectivity index (χ3n) is 5.00. The largest absolute Gasteiger partial charge is 0.507 e. The van der Waals surface area contributed by atoms with Gasteiger partial charge in [-0.15, -0.1) is 0 Å². The van der Waals surface area contributed by atoms with Crippen molar-refractivity contribution in [3.05, 3.63) is 95.5 Å². The summed E-state index contributed by atoms with van der Waals surface area (Å²) < 4.78 is 10.9. The zero-order valence-corrected chi connectivity index (χ0v) is 16.4. The molecule has 1 fully saturated rings. The van der Waals surface area contributed by atoms with Crippen LogP contribution in [0.1, 0.15) is 29.9 Å². The van der Waals surface area contributed by atoms with Gasteiger partial charge in [0.2, 0.25) is 0 Å². The van der Waals surface area contributed by atoms with E-state index < -0.39 is 17.7 Å². The normalized spacial score (nSPS) is 18.0. The molecule has 152 valence electrons. The van der Waals surface area contributed by atoms with E-state index in [4.69, 9.17) is 9.15 Å². The number of hydrogen-bond donors (Lipinski definition) is 1. The van der Waals surface area contributed by atoms with Gasteiger partial charge in [-0.25, -0.2) is 0 Å². The maximum atomic E-state index is 12.9. The van der Waals surface area contributed by atoms with Gasteiger partial charge in [-0.1, -0.05) is 42.5 Å².